The molecule has 0 saturated heterocycles. The van der Waals surface area contributed by atoms with Gasteiger partial charge in [-0.1, -0.05) is 30.3 Å². The Morgan fingerprint density at radius 1 is 1.29 bits per heavy atom. The van der Waals surface area contributed by atoms with Crippen molar-refractivity contribution in [3.05, 3.63) is 47.7 Å². The zero-order chi connectivity index (χ0) is 15.2. The van der Waals surface area contributed by atoms with E-state index in [1.54, 1.807) is 14.1 Å². The van der Waals surface area contributed by atoms with E-state index in [2.05, 4.69) is 5.32 Å². The first-order valence-electron chi connectivity index (χ1n) is 7.00. The maximum absolute atomic E-state index is 12.1. The van der Waals surface area contributed by atoms with Crippen LogP contribution < -0.4 is 5.32 Å². The Bertz CT molecular complexity index is 538. The van der Waals surface area contributed by atoms with Crippen molar-refractivity contribution in [1.82, 2.24) is 15.1 Å². The van der Waals surface area contributed by atoms with E-state index in [-0.39, 0.29) is 24.8 Å². The quantitative estimate of drug-likeness (QED) is 0.863. The van der Waals surface area contributed by atoms with E-state index in [0.29, 0.717) is 18.8 Å². The number of benzene rings is 1. The number of hydrogen-bond donors (Lipinski definition) is 1. The maximum atomic E-state index is 12.1. The molecule has 0 bridgehead atoms. The van der Waals surface area contributed by atoms with Crippen molar-refractivity contribution in [1.29, 1.82) is 0 Å². The third-order valence-corrected chi connectivity index (χ3v) is 3.40. The van der Waals surface area contributed by atoms with Gasteiger partial charge in [-0.05, 0) is 11.6 Å². The molecule has 1 N–H and O–H groups in total. The Morgan fingerprint density at radius 3 is 2.62 bits per heavy atom. The van der Waals surface area contributed by atoms with Crippen LogP contribution in [0.2, 0.25) is 0 Å². The van der Waals surface area contributed by atoms with Crippen LogP contribution in [0.3, 0.4) is 0 Å². The number of nitrogens with one attached hydrogen (secondary N) is 1. The van der Waals surface area contributed by atoms with Crippen LogP contribution in [0, 0.1) is 0 Å². The summed E-state index contributed by atoms with van der Waals surface area (Å²) in [5.74, 6) is 0.0423. The van der Waals surface area contributed by atoms with Crippen LogP contribution in [0.5, 0.6) is 0 Å². The number of ketones is 1. The molecule has 0 aromatic heterocycles. The highest BCUT2D eigenvalue weighted by atomic mass is 16.2. The van der Waals surface area contributed by atoms with Gasteiger partial charge in [0.25, 0.3) is 0 Å². The van der Waals surface area contributed by atoms with Gasteiger partial charge in [0.05, 0.1) is 18.8 Å². The predicted molar refractivity (Wildman–Crippen MR) is 81.5 cm³/mol. The molecule has 0 saturated carbocycles. The number of carbonyl (C=O) groups is 2. The fraction of sp³-hybridized carbons (Fsp3) is 0.375. The van der Waals surface area contributed by atoms with Gasteiger partial charge in [-0.2, -0.15) is 0 Å². The molecule has 21 heavy (non-hydrogen) atoms. The molecule has 112 valence electrons. The van der Waals surface area contributed by atoms with Crippen LogP contribution in [-0.2, 0) is 16.1 Å². The fourth-order valence-electron chi connectivity index (χ4n) is 2.10. The van der Waals surface area contributed by atoms with Crippen LogP contribution in [0.4, 0.5) is 0 Å². The Labute approximate surface area is 125 Å². The molecule has 1 amide bonds. The third kappa shape index (κ3) is 4.43. The lowest BCUT2D eigenvalue weighted by Gasteiger charge is -2.26. The number of hydrogen-bond acceptors (Lipinski definition) is 4. The normalized spacial score (nSPS) is 15.5. The number of amides is 1. The van der Waals surface area contributed by atoms with Crippen molar-refractivity contribution in [3.8, 4) is 0 Å². The van der Waals surface area contributed by atoms with Gasteiger partial charge >= 0.3 is 0 Å². The molecule has 1 heterocycles. The van der Waals surface area contributed by atoms with Gasteiger partial charge in [0.2, 0.25) is 5.91 Å². The van der Waals surface area contributed by atoms with Crippen molar-refractivity contribution in [2.24, 2.45) is 0 Å². The van der Waals surface area contributed by atoms with E-state index in [9.17, 15) is 9.59 Å². The molecule has 1 aliphatic rings. The monoisotopic (exact) mass is 287 g/mol. The number of rotatable bonds is 5. The minimum absolute atomic E-state index is 0.0110. The van der Waals surface area contributed by atoms with Gasteiger partial charge in [-0.15, -0.1) is 0 Å². The first kappa shape index (κ1) is 15.3. The molecular formula is C16H21N3O2. The van der Waals surface area contributed by atoms with Crippen LogP contribution in [0.25, 0.3) is 0 Å². The average Bonchev–Trinajstić information content (AvgIpc) is 2.47. The number of likely N-dealkylation sites (N-methyl/N-ethyl adjacent to an activating group) is 1. The number of nitrogens with zero attached hydrogens (tertiary/aromatic N) is 2. The Kier molecular flexibility index (Phi) is 5.11. The maximum Gasteiger partial charge on any atom is 0.236 e. The molecule has 0 atom stereocenters. The molecule has 2 rings (SSSR count). The number of carbonyl (C=O) groups excluding carboxylic acids is 2. The van der Waals surface area contributed by atoms with E-state index in [1.165, 1.54) is 4.90 Å². The summed E-state index contributed by atoms with van der Waals surface area (Å²) in [6, 6.07) is 9.95. The van der Waals surface area contributed by atoms with Gasteiger partial charge < -0.3 is 10.2 Å². The molecule has 0 unspecified atom stereocenters. The standard InChI is InChI=1S/C16H21N3O2/c1-18(2)16(21)12-19-9-8-14(15(20)11-19)17-10-13-6-4-3-5-7-13/h3-8,17H,9-12H2,1-2H3. The van der Waals surface area contributed by atoms with Crippen molar-refractivity contribution in [3.63, 3.8) is 0 Å². The average molecular weight is 287 g/mol. The summed E-state index contributed by atoms with van der Waals surface area (Å²) < 4.78 is 0. The highest BCUT2D eigenvalue weighted by Gasteiger charge is 2.21. The lowest BCUT2D eigenvalue weighted by Crippen LogP contribution is -2.43. The molecule has 1 aliphatic heterocycles. The van der Waals surface area contributed by atoms with E-state index >= 15 is 0 Å². The Balaban J connectivity index is 1.87. The van der Waals surface area contributed by atoms with Gasteiger partial charge in [-0.3, -0.25) is 14.5 Å². The van der Waals surface area contributed by atoms with Gasteiger partial charge in [0, 0.05) is 27.2 Å². The summed E-state index contributed by atoms with van der Waals surface area (Å²) in [7, 11) is 3.44. The molecule has 0 radical (unpaired) electrons. The fourth-order valence-corrected chi connectivity index (χ4v) is 2.10. The summed E-state index contributed by atoms with van der Waals surface area (Å²) in [6.07, 6.45) is 1.86. The van der Waals surface area contributed by atoms with Gasteiger partial charge in [0.1, 0.15) is 0 Å². The topological polar surface area (TPSA) is 52.7 Å². The molecule has 1 aromatic rings. The van der Waals surface area contributed by atoms with Gasteiger partial charge in [-0.25, -0.2) is 0 Å². The largest absolute Gasteiger partial charge is 0.378 e. The predicted octanol–water partition coefficient (Wildman–Crippen LogP) is 0.633. The van der Waals surface area contributed by atoms with Crippen molar-refractivity contribution in [2.75, 3.05) is 33.7 Å². The minimum atomic E-state index is 0.0110. The first-order chi connectivity index (χ1) is 10.1. The molecule has 1 aromatic carbocycles. The van der Waals surface area contributed by atoms with Crippen molar-refractivity contribution >= 4 is 11.7 Å². The van der Waals surface area contributed by atoms with E-state index in [4.69, 9.17) is 0 Å². The van der Waals surface area contributed by atoms with Crippen LogP contribution in [-0.4, -0.2) is 55.2 Å². The second kappa shape index (κ2) is 7.04. The lowest BCUT2D eigenvalue weighted by molar-refractivity contribution is -0.130. The van der Waals surface area contributed by atoms with E-state index in [1.807, 2.05) is 41.3 Å². The molecule has 0 spiro atoms. The summed E-state index contributed by atoms with van der Waals surface area (Å²) in [6.45, 7) is 1.81. The summed E-state index contributed by atoms with van der Waals surface area (Å²) in [5, 5.41) is 3.17. The number of Topliss-reactive ketones (excluding diaryl/α,β-unsaturated/α-hetero) is 1. The van der Waals surface area contributed by atoms with Crippen LogP contribution in [0.15, 0.2) is 42.1 Å². The SMILES string of the molecule is CN(C)C(=O)CN1CC=C(NCc2ccccc2)C(=O)C1. The first-order valence-corrected chi connectivity index (χ1v) is 7.00. The van der Waals surface area contributed by atoms with Gasteiger partial charge in [0.15, 0.2) is 5.78 Å². The van der Waals surface area contributed by atoms with Crippen LogP contribution >= 0.6 is 0 Å². The van der Waals surface area contributed by atoms with Crippen molar-refractivity contribution in [2.45, 2.75) is 6.54 Å². The highest BCUT2D eigenvalue weighted by molar-refractivity contribution is 5.97. The zero-order valence-corrected chi connectivity index (χ0v) is 12.5. The Hall–Kier alpha value is -2.14. The summed E-state index contributed by atoms with van der Waals surface area (Å²) >= 11 is 0. The minimum Gasteiger partial charge on any atom is -0.378 e. The molecule has 0 aliphatic carbocycles. The van der Waals surface area contributed by atoms with Crippen LogP contribution in [0.1, 0.15) is 5.56 Å². The molecular weight excluding hydrogens is 266 g/mol. The zero-order valence-electron chi connectivity index (χ0n) is 12.5. The van der Waals surface area contributed by atoms with Crippen molar-refractivity contribution < 1.29 is 9.59 Å². The molecule has 5 heteroatoms. The smallest absolute Gasteiger partial charge is 0.236 e. The second-order valence-corrected chi connectivity index (χ2v) is 5.34. The summed E-state index contributed by atoms with van der Waals surface area (Å²) in [4.78, 5) is 27.1. The van der Waals surface area contributed by atoms with E-state index in [0.717, 1.165) is 5.56 Å². The van der Waals surface area contributed by atoms with E-state index < -0.39 is 0 Å². The molecule has 5 nitrogen and oxygen atoms in total. The lowest BCUT2D eigenvalue weighted by atomic mass is 10.1. The highest BCUT2D eigenvalue weighted by Crippen LogP contribution is 2.07. The second-order valence-electron chi connectivity index (χ2n) is 5.34. The molecule has 0 fully saturated rings. The Morgan fingerprint density at radius 2 is 2.00 bits per heavy atom. The third-order valence-electron chi connectivity index (χ3n) is 3.40. The summed E-state index contributed by atoms with van der Waals surface area (Å²) in [5.41, 5.74) is 1.78.